The molecule has 0 aliphatic rings. The Morgan fingerprint density at radius 1 is 1.22 bits per heavy atom. The molecule has 2 N–H and O–H groups in total. The first-order valence-corrected chi connectivity index (χ1v) is 5.65. The van der Waals surface area contributed by atoms with Gasteiger partial charge < -0.3 is 14.8 Å². The topological polar surface area (TPSA) is 91.0 Å². The van der Waals surface area contributed by atoms with Gasteiger partial charge in [0.25, 0.3) is 0 Å². The molecule has 2 aromatic heterocycles. The SMILES string of the molecule is C[C@@H](N)c1noc(Cc2noc3ccccc23)n1. The fraction of sp³-hybridized carbons (Fsp3) is 0.250. The van der Waals surface area contributed by atoms with Crippen LogP contribution in [0.2, 0.25) is 0 Å². The van der Waals surface area contributed by atoms with Crippen molar-refractivity contribution in [1.29, 1.82) is 0 Å². The van der Waals surface area contributed by atoms with E-state index in [1.165, 1.54) is 0 Å². The molecule has 0 aliphatic carbocycles. The summed E-state index contributed by atoms with van der Waals surface area (Å²) in [6, 6.07) is 7.41. The number of para-hydroxylation sites is 1. The molecule has 6 heteroatoms. The molecular formula is C12H12N4O2. The summed E-state index contributed by atoms with van der Waals surface area (Å²) < 4.78 is 10.3. The minimum Gasteiger partial charge on any atom is -0.356 e. The third kappa shape index (κ3) is 1.86. The molecule has 6 nitrogen and oxygen atoms in total. The second-order valence-corrected chi connectivity index (χ2v) is 4.14. The van der Waals surface area contributed by atoms with Crippen LogP contribution in [0.1, 0.15) is 30.4 Å². The minimum absolute atomic E-state index is 0.239. The highest BCUT2D eigenvalue weighted by molar-refractivity contribution is 5.79. The van der Waals surface area contributed by atoms with Crippen LogP contribution in [0.5, 0.6) is 0 Å². The molecule has 0 amide bonds. The Morgan fingerprint density at radius 2 is 2.06 bits per heavy atom. The number of rotatable bonds is 3. The maximum Gasteiger partial charge on any atom is 0.232 e. The van der Waals surface area contributed by atoms with Gasteiger partial charge in [0, 0.05) is 5.39 Å². The van der Waals surface area contributed by atoms with Crippen LogP contribution in [0.3, 0.4) is 0 Å². The van der Waals surface area contributed by atoms with Gasteiger partial charge in [-0.15, -0.1) is 0 Å². The lowest BCUT2D eigenvalue weighted by Crippen LogP contribution is -2.06. The molecule has 0 radical (unpaired) electrons. The van der Waals surface area contributed by atoms with E-state index in [0.717, 1.165) is 16.7 Å². The van der Waals surface area contributed by atoms with E-state index in [4.69, 9.17) is 14.8 Å². The van der Waals surface area contributed by atoms with Gasteiger partial charge in [-0.1, -0.05) is 22.4 Å². The van der Waals surface area contributed by atoms with Crippen molar-refractivity contribution >= 4 is 11.0 Å². The summed E-state index contributed by atoms with van der Waals surface area (Å²) in [7, 11) is 0. The summed E-state index contributed by atoms with van der Waals surface area (Å²) >= 11 is 0. The van der Waals surface area contributed by atoms with Crippen LogP contribution in [0.25, 0.3) is 11.0 Å². The van der Waals surface area contributed by atoms with E-state index in [1.54, 1.807) is 6.92 Å². The fourth-order valence-corrected chi connectivity index (χ4v) is 1.73. The Morgan fingerprint density at radius 3 is 2.83 bits per heavy atom. The van der Waals surface area contributed by atoms with Crippen molar-refractivity contribution in [2.24, 2.45) is 5.73 Å². The monoisotopic (exact) mass is 244 g/mol. The Balaban J connectivity index is 1.91. The summed E-state index contributed by atoms with van der Waals surface area (Å²) in [6.45, 7) is 1.81. The maximum atomic E-state index is 5.67. The van der Waals surface area contributed by atoms with Gasteiger partial charge in [0.05, 0.1) is 12.5 Å². The summed E-state index contributed by atoms with van der Waals surface area (Å²) in [4.78, 5) is 4.21. The highest BCUT2D eigenvalue weighted by atomic mass is 16.5. The van der Waals surface area contributed by atoms with E-state index in [1.807, 2.05) is 24.3 Å². The van der Waals surface area contributed by atoms with Crippen molar-refractivity contribution in [3.8, 4) is 0 Å². The van der Waals surface area contributed by atoms with Crippen molar-refractivity contribution in [3.05, 3.63) is 41.7 Å². The Kier molecular flexibility index (Phi) is 2.56. The predicted molar refractivity (Wildman–Crippen MR) is 63.7 cm³/mol. The van der Waals surface area contributed by atoms with Crippen LogP contribution in [0.4, 0.5) is 0 Å². The van der Waals surface area contributed by atoms with Gasteiger partial charge in [0.1, 0.15) is 5.69 Å². The summed E-state index contributed by atoms with van der Waals surface area (Å²) in [5.74, 6) is 0.985. The quantitative estimate of drug-likeness (QED) is 0.755. The van der Waals surface area contributed by atoms with Crippen molar-refractivity contribution < 1.29 is 9.05 Å². The van der Waals surface area contributed by atoms with Gasteiger partial charge in [-0.05, 0) is 19.1 Å². The first kappa shape index (κ1) is 10.9. The number of hydrogen-bond acceptors (Lipinski definition) is 6. The van der Waals surface area contributed by atoms with Gasteiger partial charge in [-0.3, -0.25) is 0 Å². The minimum atomic E-state index is -0.239. The Labute approximate surface area is 103 Å². The van der Waals surface area contributed by atoms with Crippen molar-refractivity contribution in [2.75, 3.05) is 0 Å². The summed E-state index contributed by atoms with van der Waals surface area (Å²) in [6.07, 6.45) is 0.441. The highest BCUT2D eigenvalue weighted by Crippen LogP contribution is 2.20. The molecule has 0 saturated heterocycles. The Hall–Kier alpha value is -2.21. The lowest BCUT2D eigenvalue weighted by Gasteiger charge is -1.93. The second kappa shape index (κ2) is 4.23. The molecule has 1 aromatic carbocycles. The first-order chi connectivity index (χ1) is 8.74. The van der Waals surface area contributed by atoms with E-state index in [0.29, 0.717) is 18.1 Å². The predicted octanol–water partition coefficient (Wildman–Crippen LogP) is 1.82. The van der Waals surface area contributed by atoms with Crippen LogP contribution in [-0.2, 0) is 6.42 Å². The molecule has 92 valence electrons. The van der Waals surface area contributed by atoms with E-state index in [2.05, 4.69) is 15.3 Å². The molecular weight excluding hydrogens is 232 g/mol. The fourth-order valence-electron chi connectivity index (χ4n) is 1.73. The molecule has 0 fully saturated rings. The second-order valence-electron chi connectivity index (χ2n) is 4.14. The van der Waals surface area contributed by atoms with Gasteiger partial charge in [0.2, 0.25) is 5.89 Å². The van der Waals surface area contributed by atoms with E-state index in [9.17, 15) is 0 Å². The molecule has 0 aliphatic heterocycles. The largest absolute Gasteiger partial charge is 0.356 e. The first-order valence-electron chi connectivity index (χ1n) is 5.65. The van der Waals surface area contributed by atoms with E-state index < -0.39 is 0 Å². The lowest BCUT2D eigenvalue weighted by atomic mass is 10.2. The van der Waals surface area contributed by atoms with Crippen LogP contribution in [0, 0.1) is 0 Å². The maximum absolute atomic E-state index is 5.67. The van der Waals surface area contributed by atoms with Crippen molar-refractivity contribution in [3.63, 3.8) is 0 Å². The highest BCUT2D eigenvalue weighted by Gasteiger charge is 2.14. The third-order valence-electron chi connectivity index (χ3n) is 2.66. The van der Waals surface area contributed by atoms with Crippen molar-refractivity contribution in [2.45, 2.75) is 19.4 Å². The van der Waals surface area contributed by atoms with Crippen LogP contribution < -0.4 is 5.73 Å². The third-order valence-corrected chi connectivity index (χ3v) is 2.66. The molecule has 3 aromatic rings. The zero-order valence-corrected chi connectivity index (χ0v) is 9.83. The van der Waals surface area contributed by atoms with Crippen LogP contribution in [0.15, 0.2) is 33.3 Å². The number of benzene rings is 1. The smallest absolute Gasteiger partial charge is 0.232 e. The van der Waals surface area contributed by atoms with Gasteiger partial charge >= 0.3 is 0 Å². The molecule has 0 bridgehead atoms. The number of nitrogens with zero attached hydrogens (tertiary/aromatic N) is 3. The number of aromatic nitrogens is 3. The van der Waals surface area contributed by atoms with E-state index >= 15 is 0 Å². The number of fused-ring (bicyclic) bond motifs is 1. The van der Waals surface area contributed by atoms with Gasteiger partial charge in [-0.25, -0.2) is 0 Å². The van der Waals surface area contributed by atoms with E-state index in [-0.39, 0.29) is 6.04 Å². The summed E-state index contributed by atoms with van der Waals surface area (Å²) in [5.41, 5.74) is 7.20. The van der Waals surface area contributed by atoms with Crippen LogP contribution >= 0.6 is 0 Å². The lowest BCUT2D eigenvalue weighted by molar-refractivity contribution is 0.372. The molecule has 0 unspecified atom stereocenters. The normalized spacial score (nSPS) is 13.0. The average Bonchev–Trinajstić information content (AvgIpc) is 2.98. The summed E-state index contributed by atoms with van der Waals surface area (Å²) in [5, 5.41) is 8.77. The van der Waals surface area contributed by atoms with Gasteiger partial charge in [0.15, 0.2) is 11.4 Å². The standard InChI is InChI=1S/C12H12N4O2/c1-7(13)12-14-11(18-16-12)6-9-8-4-2-3-5-10(8)17-15-9/h2-5,7H,6,13H2,1H3/t7-/m1/s1. The molecule has 2 heterocycles. The zero-order valence-electron chi connectivity index (χ0n) is 9.83. The van der Waals surface area contributed by atoms with Gasteiger partial charge in [-0.2, -0.15) is 4.98 Å². The molecule has 18 heavy (non-hydrogen) atoms. The molecule has 0 saturated carbocycles. The Bertz CT molecular complexity index is 671. The van der Waals surface area contributed by atoms with Crippen LogP contribution in [-0.4, -0.2) is 15.3 Å². The average molecular weight is 244 g/mol. The number of hydrogen-bond donors (Lipinski definition) is 1. The zero-order chi connectivity index (χ0) is 12.5. The molecule has 1 atom stereocenters. The molecule has 0 spiro atoms. The van der Waals surface area contributed by atoms with Crippen molar-refractivity contribution in [1.82, 2.24) is 15.3 Å². The number of nitrogens with two attached hydrogens (primary N) is 1. The molecule has 3 rings (SSSR count).